The van der Waals surface area contributed by atoms with Crippen LogP contribution in [-0.4, -0.2) is 11.2 Å². The Bertz CT molecular complexity index is 603. The lowest BCUT2D eigenvalue weighted by molar-refractivity contribution is 0.0439. The lowest BCUT2D eigenvalue weighted by atomic mass is 9.50. The maximum absolute atomic E-state index is 11.3. The highest BCUT2D eigenvalue weighted by Gasteiger charge is 2.58. The predicted octanol–water partition coefficient (Wildman–Crippen LogP) is 7.53. The van der Waals surface area contributed by atoms with Crippen LogP contribution in [0, 0.1) is 40.4 Å². The minimum atomic E-state index is -0.0865. The Hall–Kier alpha value is -0.300. The van der Waals surface area contributed by atoms with Crippen LogP contribution in [-0.2, 0) is 0 Å². The summed E-state index contributed by atoms with van der Waals surface area (Å²) in [5.74, 6) is 3.68. The molecule has 0 heterocycles. The highest BCUT2D eigenvalue weighted by molar-refractivity contribution is 5.35. The van der Waals surface area contributed by atoms with Crippen LogP contribution >= 0.6 is 0 Å². The lowest BCUT2D eigenvalue weighted by Crippen LogP contribution is -2.45. The summed E-state index contributed by atoms with van der Waals surface area (Å²) in [5, 5.41) is 11.3. The van der Waals surface area contributed by atoms with Gasteiger partial charge in [0, 0.05) is 5.92 Å². The molecule has 0 saturated heterocycles. The molecule has 0 amide bonds. The van der Waals surface area contributed by atoms with Crippen LogP contribution in [0.1, 0.15) is 112 Å². The molecule has 4 aliphatic carbocycles. The molecule has 4 aliphatic rings. The molecule has 1 heteroatoms. The van der Waals surface area contributed by atoms with E-state index in [9.17, 15) is 5.11 Å². The Labute approximate surface area is 174 Å². The summed E-state index contributed by atoms with van der Waals surface area (Å²) in [6.45, 7) is 12.4. The Morgan fingerprint density at radius 1 is 1.00 bits per heavy atom. The van der Waals surface area contributed by atoms with Crippen LogP contribution in [0.3, 0.4) is 0 Å². The molecule has 0 unspecified atom stereocenters. The first-order chi connectivity index (χ1) is 13.3. The first-order valence-electron chi connectivity index (χ1n) is 12.7. The first-order valence-corrected chi connectivity index (χ1v) is 12.7. The molecule has 0 radical (unpaired) electrons. The number of rotatable bonds is 5. The molecule has 0 aromatic carbocycles. The van der Waals surface area contributed by atoms with E-state index in [-0.39, 0.29) is 6.10 Å². The number of aliphatic hydroxyl groups excluding tert-OH is 1. The molecule has 0 aromatic rings. The molecule has 7 atom stereocenters. The number of aliphatic hydroxyl groups is 1. The summed E-state index contributed by atoms with van der Waals surface area (Å²) in [7, 11) is 0. The second-order valence-corrected chi connectivity index (χ2v) is 12.1. The summed E-state index contributed by atoms with van der Waals surface area (Å²) >= 11 is 0. The largest absolute Gasteiger partial charge is 0.392 e. The molecule has 1 N–H and O–H groups in total. The van der Waals surface area contributed by atoms with Crippen LogP contribution in [0.5, 0.6) is 0 Å². The van der Waals surface area contributed by atoms with Crippen molar-refractivity contribution in [2.75, 3.05) is 0 Å². The van der Waals surface area contributed by atoms with Crippen molar-refractivity contribution >= 4 is 0 Å². The molecule has 0 aromatic heterocycles. The van der Waals surface area contributed by atoms with E-state index in [1.165, 1.54) is 70.6 Å². The molecule has 2 saturated carbocycles. The average molecular weight is 387 g/mol. The van der Waals surface area contributed by atoms with E-state index in [0.29, 0.717) is 22.7 Å². The van der Waals surface area contributed by atoms with Gasteiger partial charge in [0.05, 0.1) is 6.10 Å². The van der Waals surface area contributed by atoms with Crippen molar-refractivity contribution in [2.24, 2.45) is 40.4 Å². The Balaban J connectivity index is 1.57. The SMILES string of the molecule is CC(C)CCC[C@@H](C)[C@H]1C[C@@H](O)[C@@H]2C3=C(CC[C@]12C)[C@@]1(C)CCCC[C@@H]1CC3. The van der Waals surface area contributed by atoms with Crippen molar-refractivity contribution in [3.05, 3.63) is 11.1 Å². The van der Waals surface area contributed by atoms with E-state index < -0.39 is 0 Å². The van der Waals surface area contributed by atoms with Gasteiger partial charge in [-0.15, -0.1) is 0 Å². The summed E-state index contributed by atoms with van der Waals surface area (Å²) in [6.07, 6.45) is 16.1. The fourth-order valence-corrected chi connectivity index (χ4v) is 8.54. The van der Waals surface area contributed by atoms with Crippen molar-refractivity contribution in [3.63, 3.8) is 0 Å². The maximum Gasteiger partial charge on any atom is 0.0613 e. The van der Waals surface area contributed by atoms with Crippen molar-refractivity contribution in [2.45, 2.75) is 118 Å². The molecular formula is C27H46O. The van der Waals surface area contributed by atoms with Gasteiger partial charge < -0.3 is 5.11 Å². The number of fused-ring (bicyclic) bond motifs is 4. The molecule has 0 bridgehead atoms. The fraction of sp³-hybridized carbons (Fsp3) is 0.926. The minimum absolute atomic E-state index is 0.0865. The van der Waals surface area contributed by atoms with E-state index in [1.807, 2.05) is 5.57 Å². The number of hydrogen-bond acceptors (Lipinski definition) is 1. The molecule has 2 fully saturated rings. The lowest BCUT2D eigenvalue weighted by Gasteiger charge is -2.54. The molecule has 28 heavy (non-hydrogen) atoms. The second kappa shape index (κ2) is 7.75. The zero-order valence-electron chi connectivity index (χ0n) is 19.4. The highest BCUT2D eigenvalue weighted by atomic mass is 16.3. The van der Waals surface area contributed by atoms with Gasteiger partial charge in [-0.3, -0.25) is 0 Å². The van der Waals surface area contributed by atoms with Crippen LogP contribution in [0.25, 0.3) is 0 Å². The van der Waals surface area contributed by atoms with Gasteiger partial charge in [-0.2, -0.15) is 0 Å². The van der Waals surface area contributed by atoms with Crippen molar-refractivity contribution < 1.29 is 5.11 Å². The van der Waals surface area contributed by atoms with Gasteiger partial charge in [-0.05, 0) is 79.4 Å². The Kier molecular flexibility index (Phi) is 5.80. The zero-order chi connectivity index (χ0) is 20.1. The van der Waals surface area contributed by atoms with E-state index >= 15 is 0 Å². The van der Waals surface area contributed by atoms with Crippen molar-refractivity contribution in [1.82, 2.24) is 0 Å². The normalized spacial score (nSPS) is 44.2. The maximum atomic E-state index is 11.3. The monoisotopic (exact) mass is 386 g/mol. The van der Waals surface area contributed by atoms with Crippen molar-refractivity contribution in [3.8, 4) is 0 Å². The molecule has 1 nitrogen and oxygen atoms in total. The third-order valence-electron chi connectivity index (χ3n) is 10.1. The molecule has 0 spiro atoms. The average Bonchev–Trinajstić information content (AvgIpc) is 2.92. The van der Waals surface area contributed by atoms with Gasteiger partial charge in [0.15, 0.2) is 0 Å². The number of hydrogen-bond donors (Lipinski definition) is 1. The van der Waals surface area contributed by atoms with E-state index in [4.69, 9.17) is 0 Å². The second-order valence-electron chi connectivity index (χ2n) is 12.1. The predicted molar refractivity (Wildman–Crippen MR) is 119 cm³/mol. The minimum Gasteiger partial charge on any atom is -0.392 e. The number of allylic oxidation sites excluding steroid dienone is 1. The van der Waals surface area contributed by atoms with E-state index in [1.54, 1.807) is 5.57 Å². The first kappa shape index (κ1) is 21.0. The Morgan fingerprint density at radius 3 is 2.54 bits per heavy atom. The Morgan fingerprint density at radius 2 is 1.79 bits per heavy atom. The van der Waals surface area contributed by atoms with Gasteiger partial charge in [0.25, 0.3) is 0 Å². The standard InChI is InChI=1S/C27H46O/c1-18(2)9-8-10-19(3)23-17-24(28)25-21-13-12-20-11-6-7-15-26(20,4)22(21)14-16-27(23,25)5/h18-20,23-25,28H,6-17H2,1-5H3/t19-,20-,23-,24-,25+,26+,27-/m1/s1. The smallest absolute Gasteiger partial charge is 0.0613 e. The van der Waals surface area contributed by atoms with Gasteiger partial charge in [0.1, 0.15) is 0 Å². The van der Waals surface area contributed by atoms with Crippen molar-refractivity contribution in [1.29, 1.82) is 0 Å². The summed E-state index contributed by atoms with van der Waals surface area (Å²) < 4.78 is 0. The van der Waals surface area contributed by atoms with Crippen LogP contribution < -0.4 is 0 Å². The van der Waals surface area contributed by atoms with Crippen LogP contribution in [0.2, 0.25) is 0 Å². The van der Waals surface area contributed by atoms with E-state index in [0.717, 1.165) is 24.2 Å². The third kappa shape index (κ3) is 3.32. The van der Waals surface area contributed by atoms with Crippen LogP contribution in [0.4, 0.5) is 0 Å². The zero-order valence-corrected chi connectivity index (χ0v) is 19.4. The van der Waals surface area contributed by atoms with Gasteiger partial charge in [-0.25, -0.2) is 0 Å². The fourth-order valence-electron chi connectivity index (χ4n) is 8.54. The van der Waals surface area contributed by atoms with Crippen LogP contribution in [0.15, 0.2) is 11.1 Å². The van der Waals surface area contributed by atoms with Gasteiger partial charge >= 0.3 is 0 Å². The topological polar surface area (TPSA) is 20.2 Å². The molecule has 160 valence electrons. The molecule has 4 rings (SSSR count). The third-order valence-corrected chi connectivity index (χ3v) is 10.1. The molecular weight excluding hydrogens is 340 g/mol. The van der Waals surface area contributed by atoms with Gasteiger partial charge in [0.2, 0.25) is 0 Å². The highest BCUT2D eigenvalue weighted by Crippen LogP contribution is 2.66. The van der Waals surface area contributed by atoms with E-state index in [2.05, 4.69) is 34.6 Å². The summed E-state index contributed by atoms with van der Waals surface area (Å²) in [6, 6.07) is 0. The quantitative estimate of drug-likeness (QED) is 0.484. The summed E-state index contributed by atoms with van der Waals surface area (Å²) in [4.78, 5) is 0. The molecule has 0 aliphatic heterocycles. The van der Waals surface area contributed by atoms with Gasteiger partial charge in [-0.1, -0.05) is 77.9 Å². The summed E-state index contributed by atoms with van der Waals surface area (Å²) in [5.41, 5.74) is 4.39.